The Bertz CT molecular complexity index is 756. The van der Waals surface area contributed by atoms with E-state index in [2.05, 4.69) is 5.32 Å². The van der Waals surface area contributed by atoms with Gasteiger partial charge in [0.1, 0.15) is 5.82 Å². The lowest BCUT2D eigenvalue weighted by atomic mass is 10.2. The third-order valence-corrected chi connectivity index (χ3v) is 3.14. The van der Waals surface area contributed by atoms with E-state index < -0.39 is 28.5 Å². The number of carbonyl (C=O) groups excluding carboxylic acids is 1. The molecule has 120 valence electrons. The minimum absolute atomic E-state index is 0.0457. The number of amides is 1. The number of nitrogens with one attached hydrogen (secondary N) is 1. The van der Waals surface area contributed by atoms with Crippen LogP contribution in [0.25, 0.3) is 6.08 Å². The van der Waals surface area contributed by atoms with E-state index in [9.17, 15) is 22.4 Å². The predicted molar refractivity (Wildman–Crippen MR) is 80.5 cm³/mol. The molecular weight excluding hydrogens is 334 g/mol. The first-order chi connectivity index (χ1) is 10.8. The van der Waals surface area contributed by atoms with Crippen LogP contribution in [0, 0.1) is 5.82 Å². The average molecular weight is 344 g/mol. The Morgan fingerprint density at radius 2 is 1.87 bits per heavy atom. The summed E-state index contributed by atoms with van der Waals surface area (Å²) in [7, 11) is 0. The van der Waals surface area contributed by atoms with Crippen LogP contribution in [-0.4, -0.2) is 5.91 Å². The van der Waals surface area contributed by atoms with Gasteiger partial charge >= 0.3 is 6.18 Å². The van der Waals surface area contributed by atoms with Gasteiger partial charge in [-0.3, -0.25) is 4.79 Å². The van der Waals surface area contributed by atoms with Gasteiger partial charge in [-0.15, -0.1) is 0 Å². The summed E-state index contributed by atoms with van der Waals surface area (Å²) in [6, 6.07) is 8.58. The molecule has 2 nitrogen and oxygen atoms in total. The zero-order valence-corrected chi connectivity index (χ0v) is 12.3. The third kappa shape index (κ3) is 4.82. The summed E-state index contributed by atoms with van der Waals surface area (Å²) in [4.78, 5) is 11.7. The summed E-state index contributed by atoms with van der Waals surface area (Å²) >= 11 is 5.49. The molecule has 0 saturated carbocycles. The van der Waals surface area contributed by atoms with Crippen LogP contribution in [0.2, 0.25) is 5.02 Å². The molecule has 2 rings (SSSR count). The molecule has 0 fully saturated rings. The normalized spacial score (nSPS) is 11.7. The molecule has 0 bridgehead atoms. The van der Waals surface area contributed by atoms with Crippen LogP contribution >= 0.6 is 11.6 Å². The monoisotopic (exact) mass is 343 g/mol. The molecule has 1 N–H and O–H groups in total. The molecule has 0 aliphatic carbocycles. The minimum atomic E-state index is -4.62. The molecule has 0 radical (unpaired) electrons. The second kappa shape index (κ2) is 6.83. The van der Waals surface area contributed by atoms with E-state index in [0.29, 0.717) is 5.56 Å². The third-order valence-electron chi connectivity index (χ3n) is 2.82. The largest absolute Gasteiger partial charge is 0.417 e. The molecule has 0 atom stereocenters. The molecule has 0 heterocycles. The zero-order chi connectivity index (χ0) is 17.0. The lowest BCUT2D eigenvalue weighted by Crippen LogP contribution is -2.11. The fourth-order valence-electron chi connectivity index (χ4n) is 1.79. The maximum absolute atomic E-state index is 13.0. The van der Waals surface area contributed by atoms with Crippen LogP contribution in [0.4, 0.5) is 23.2 Å². The predicted octanol–water partition coefficient (Wildman–Crippen LogP) is 5.15. The first-order valence-corrected chi connectivity index (χ1v) is 6.75. The van der Waals surface area contributed by atoms with Crippen molar-refractivity contribution < 1.29 is 22.4 Å². The zero-order valence-electron chi connectivity index (χ0n) is 11.5. The Balaban J connectivity index is 2.12. The van der Waals surface area contributed by atoms with Crippen molar-refractivity contribution >= 4 is 29.3 Å². The average Bonchev–Trinajstić information content (AvgIpc) is 2.46. The van der Waals surface area contributed by atoms with Crippen LogP contribution in [0.1, 0.15) is 11.1 Å². The first kappa shape index (κ1) is 17.0. The van der Waals surface area contributed by atoms with E-state index in [1.165, 1.54) is 30.3 Å². The van der Waals surface area contributed by atoms with Crippen molar-refractivity contribution in [1.29, 1.82) is 0 Å². The number of hydrogen-bond donors (Lipinski definition) is 1. The van der Waals surface area contributed by atoms with E-state index in [-0.39, 0.29) is 5.69 Å². The lowest BCUT2D eigenvalue weighted by molar-refractivity contribution is -0.137. The fourth-order valence-corrected chi connectivity index (χ4v) is 2.01. The lowest BCUT2D eigenvalue weighted by Gasteiger charge is -2.11. The van der Waals surface area contributed by atoms with E-state index in [1.807, 2.05) is 0 Å². The Kier molecular flexibility index (Phi) is 5.05. The van der Waals surface area contributed by atoms with Gasteiger partial charge in [0.15, 0.2) is 0 Å². The van der Waals surface area contributed by atoms with Crippen molar-refractivity contribution in [2.45, 2.75) is 6.18 Å². The summed E-state index contributed by atoms with van der Waals surface area (Å²) < 4.78 is 51.2. The van der Waals surface area contributed by atoms with Gasteiger partial charge in [0.25, 0.3) is 0 Å². The minimum Gasteiger partial charge on any atom is -0.322 e. The highest BCUT2D eigenvalue weighted by Crippen LogP contribution is 2.36. The number of benzene rings is 2. The van der Waals surface area contributed by atoms with Gasteiger partial charge in [-0.05, 0) is 42.0 Å². The quantitative estimate of drug-likeness (QED) is 0.606. The SMILES string of the molecule is O=C(/C=C/c1cccc(F)c1)Nc1ccc(Cl)c(C(F)(F)F)c1. The van der Waals surface area contributed by atoms with Crippen molar-refractivity contribution in [3.05, 3.63) is 70.5 Å². The van der Waals surface area contributed by atoms with Gasteiger partial charge in [0, 0.05) is 11.8 Å². The Morgan fingerprint density at radius 3 is 2.52 bits per heavy atom. The number of hydrogen-bond acceptors (Lipinski definition) is 1. The van der Waals surface area contributed by atoms with Gasteiger partial charge in [-0.25, -0.2) is 4.39 Å². The highest BCUT2D eigenvalue weighted by atomic mass is 35.5. The van der Waals surface area contributed by atoms with Crippen LogP contribution in [0.5, 0.6) is 0 Å². The highest BCUT2D eigenvalue weighted by Gasteiger charge is 2.33. The topological polar surface area (TPSA) is 29.1 Å². The number of anilines is 1. The molecule has 0 saturated heterocycles. The van der Waals surface area contributed by atoms with Crippen molar-refractivity contribution in [2.75, 3.05) is 5.32 Å². The van der Waals surface area contributed by atoms with Crippen molar-refractivity contribution in [2.24, 2.45) is 0 Å². The van der Waals surface area contributed by atoms with Crippen LogP contribution in [-0.2, 0) is 11.0 Å². The van der Waals surface area contributed by atoms with Gasteiger partial charge in [0.2, 0.25) is 5.91 Å². The standard InChI is InChI=1S/C16H10ClF4NO/c17-14-6-5-12(9-13(14)16(19,20)21)22-15(23)7-4-10-2-1-3-11(18)8-10/h1-9H,(H,22,23)/b7-4+. The second-order valence-electron chi connectivity index (χ2n) is 4.57. The maximum Gasteiger partial charge on any atom is 0.417 e. The van der Waals surface area contributed by atoms with Crippen LogP contribution in [0.15, 0.2) is 48.5 Å². The number of carbonyl (C=O) groups is 1. The molecule has 23 heavy (non-hydrogen) atoms. The molecule has 2 aromatic rings. The summed E-state index contributed by atoms with van der Waals surface area (Å²) in [5, 5.41) is 1.84. The molecular formula is C16H10ClF4NO. The molecule has 0 aliphatic rings. The molecule has 7 heteroatoms. The maximum atomic E-state index is 13.0. The van der Waals surface area contributed by atoms with Gasteiger partial charge in [-0.2, -0.15) is 13.2 Å². The summed E-state index contributed by atoms with van der Waals surface area (Å²) in [6.45, 7) is 0. The van der Waals surface area contributed by atoms with Crippen LogP contribution < -0.4 is 5.32 Å². The van der Waals surface area contributed by atoms with Crippen LogP contribution in [0.3, 0.4) is 0 Å². The summed E-state index contributed by atoms with van der Waals surface area (Å²) in [6.07, 6.45) is -2.18. The summed E-state index contributed by atoms with van der Waals surface area (Å²) in [5.74, 6) is -1.11. The second-order valence-corrected chi connectivity index (χ2v) is 4.98. The Labute approximate surface area is 134 Å². The number of alkyl halides is 3. The Morgan fingerprint density at radius 1 is 1.13 bits per heavy atom. The van der Waals surface area contributed by atoms with Crippen molar-refractivity contribution in [3.8, 4) is 0 Å². The van der Waals surface area contributed by atoms with Gasteiger partial charge < -0.3 is 5.32 Å². The molecule has 0 aromatic heterocycles. The molecule has 0 aliphatic heterocycles. The van der Waals surface area contributed by atoms with Crippen molar-refractivity contribution in [1.82, 2.24) is 0 Å². The molecule has 0 spiro atoms. The van der Waals surface area contributed by atoms with Crippen molar-refractivity contribution in [3.63, 3.8) is 0 Å². The van der Waals surface area contributed by atoms with E-state index >= 15 is 0 Å². The smallest absolute Gasteiger partial charge is 0.322 e. The van der Waals surface area contributed by atoms with E-state index in [0.717, 1.165) is 18.2 Å². The molecule has 0 unspecified atom stereocenters. The fraction of sp³-hybridized carbons (Fsp3) is 0.0625. The van der Waals surface area contributed by atoms with Gasteiger partial charge in [-0.1, -0.05) is 23.7 Å². The first-order valence-electron chi connectivity index (χ1n) is 6.37. The summed E-state index contributed by atoms with van der Waals surface area (Å²) in [5.41, 5.74) is -0.631. The van der Waals surface area contributed by atoms with E-state index in [4.69, 9.17) is 11.6 Å². The molecule has 2 aromatic carbocycles. The Hall–Kier alpha value is -2.34. The highest BCUT2D eigenvalue weighted by molar-refractivity contribution is 6.31. The van der Waals surface area contributed by atoms with Gasteiger partial charge in [0.05, 0.1) is 10.6 Å². The van der Waals surface area contributed by atoms with E-state index in [1.54, 1.807) is 6.07 Å². The molecule has 1 amide bonds. The number of halogens is 5. The number of rotatable bonds is 3.